The van der Waals surface area contributed by atoms with Gasteiger partial charge in [-0.25, -0.2) is 26.0 Å². The van der Waals surface area contributed by atoms with Crippen LogP contribution < -0.4 is 9.13 Å². The van der Waals surface area contributed by atoms with Crippen molar-refractivity contribution in [2.45, 2.75) is 33.5 Å². The van der Waals surface area contributed by atoms with Crippen LogP contribution in [0.1, 0.15) is 46.2 Å². The number of benzene rings is 6. The van der Waals surface area contributed by atoms with E-state index in [0.717, 1.165) is 0 Å². The van der Waals surface area contributed by atoms with Crippen molar-refractivity contribution < 1.29 is 35.1 Å². The van der Waals surface area contributed by atoms with Crippen molar-refractivity contribution in [3.63, 3.8) is 0 Å². The van der Waals surface area contributed by atoms with E-state index in [-0.39, 0.29) is 9.79 Å². The molecule has 8 aromatic rings. The van der Waals surface area contributed by atoms with Crippen LogP contribution in [0.2, 0.25) is 10.0 Å². The molecule has 0 spiro atoms. The minimum atomic E-state index is -4.33. The second-order valence-electron chi connectivity index (χ2n) is 14.5. The molecule has 1 aliphatic carbocycles. The van der Waals surface area contributed by atoms with Crippen molar-refractivity contribution in [2.75, 3.05) is 0 Å². The Bertz CT molecular complexity index is 2790. The monoisotopic (exact) mass is 874 g/mol. The molecule has 0 unspecified atom stereocenters. The third kappa shape index (κ3) is 9.29. The molecular weight excluding hydrogens is 836 g/mol. The fraction of sp³-hybridized carbons (Fsp3) is 0.125. The smallest absolute Gasteiger partial charge is 0.185 e. The number of pyridine rings is 2. The number of fused-ring (bicyclic) bond motifs is 2. The van der Waals surface area contributed by atoms with Gasteiger partial charge in [-0.15, -0.1) is 0 Å². The molecule has 9 rings (SSSR count). The lowest BCUT2D eigenvalue weighted by atomic mass is 9.50. The minimum absolute atomic E-state index is 0.262. The summed E-state index contributed by atoms with van der Waals surface area (Å²) in [6.07, 6.45) is 4.40. The zero-order chi connectivity index (χ0) is 42.6. The first-order valence-electron chi connectivity index (χ1n) is 19.0. The fourth-order valence-corrected chi connectivity index (χ4v) is 9.50. The van der Waals surface area contributed by atoms with Crippen LogP contribution in [-0.4, -0.2) is 25.9 Å². The van der Waals surface area contributed by atoms with Crippen LogP contribution in [-0.2, 0) is 34.3 Å². The van der Waals surface area contributed by atoms with E-state index in [1.54, 1.807) is 0 Å². The maximum Gasteiger partial charge on any atom is 0.185 e. The Morgan fingerprint density at radius 1 is 0.417 bits per heavy atom. The van der Waals surface area contributed by atoms with E-state index >= 15 is 0 Å². The van der Waals surface area contributed by atoms with Crippen LogP contribution in [0.4, 0.5) is 0 Å². The Hall–Kier alpha value is -5.46. The number of aryl methyl sites for hydroxylation is 2. The van der Waals surface area contributed by atoms with Gasteiger partial charge in [0.15, 0.2) is 23.8 Å². The van der Waals surface area contributed by atoms with Crippen LogP contribution in [0.15, 0.2) is 192 Å². The first kappa shape index (κ1) is 42.7. The summed E-state index contributed by atoms with van der Waals surface area (Å²) < 4.78 is 66.7. The van der Waals surface area contributed by atoms with E-state index in [2.05, 4.69) is 157 Å². The van der Waals surface area contributed by atoms with E-state index in [0.29, 0.717) is 33.7 Å². The Kier molecular flexibility index (Phi) is 12.8. The average Bonchev–Trinajstić information content (AvgIpc) is 3.22. The van der Waals surface area contributed by atoms with Crippen molar-refractivity contribution in [3.05, 3.63) is 215 Å². The highest BCUT2D eigenvalue weighted by Gasteiger charge is 2.59. The predicted octanol–water partition coefficient (Wildman–Crippen LogP) is 9.58. The summed E-state index contributed by atoms with van der Waals surface area (Å²) in [6, 6.07) is 54.9. The first-order valence-corrected chi connectivity index (χ1v) is 22.6. The molecule has 0 atom stereocenters. The molecule has 60 heavy (non-hydrogen) atoms. The third-order valence-corrected chi connectivity index (χ3v) is 13.2. The van der Waals surface area contributed by atoms with Gasteiger partial charge < -0.3 is 9.11 Å². The standard InChI is InChI=1S/C36H32N2.2C6H5ClO3S/c1-37-23-9-7-21-31(37)35-33(29-19-11-15-25-13-3-5-17-27(25)29)36(32-22-8-10-24-38(32)2)34(35)30-20-12-16-26-14-4-6-18-28(26)30;2*7-5-1-3-6(4-2-5)11(8,9)10/h3-24,33-36H,1-2H3;2*1-4H,(H,8,9,10)/q+2;;/p-2. The van der Waals surface area contributed by atoms with Gasteiger partial charge in [-0.05, 0) is 81.2 Å². The Balaban J connectivity index is 0.000000202. The van der Waals surface area contributed by atoms with Crippen LogP contribution in [0.25, 0.3) is 21.5 Å². The van der Waals surface area contributed by atoms with Gasteiger partial charge in [0.05, 0.1) is 21.6 Å². The van der Waals surface area contributed by atoms with Gasteiger partial charge >= 0.3 is 0 Å². The molecule has 0 amide bonds. The molecule has 0 saturated heterocycles. The summed E-state index contributed by atoms with van der Waals surface area (Å²) in [5, 5.41) is 6.15. The summed E-state index contributed by atoms with van der Waals surface area (Å²) in [5.74, 6) is 1.35. The summed E-state index contributed by atoms with van der Waals surface area (Å²) >= 11 is 10.9. The van der Waals surface area contributed by atoms with E-state index < -0.39 is 20.2 Å². The molecule has 2 aromatic heterocycles. The maximum atomic E-state index is 10.3. The fourth-order valence-electron chi connectivity index (χ4n) is 8.31. The van der Waals surface area contributed by atoms with Crippen LogP contribution in [0.3, 0.4) is 0 Å². The molecule has 8 nitrogen and oxygen atoms in total. The van der Waals surface area contributed by atoms with Gasteiger partial charge in [-0.2, -0.15) is 0 Å². The van der Waals surface area contributed by atoms with Gasteiger partial charge in [0, 0.05) is 46.1 Å². The van der Waals surface area contributed by atoms with E-state index in [1.807, 2.05) is 0 Å². The van der Waals surface area contributed by atoms with Gasteiger partial charge in [0.1, 0.15) is 34.3 Å². The van der Waals surface area contributed by atoms with Gasteiger partial charge in [0.2, 0.25) is 0 Å². The van der Waals surface area contributed by atoms with E-state index in [1.165, 1.54) is 92.6 Å². The lowest BCUT2D eigenvalue weighted by Gasteiger charge is -2.50. The minimum Gasteiger partial charge on any atom is -0.744 e. The van der Waals surface area contributed by atoms with Crippen molar-refractivity contribution >= 4 is 65.0 Å². The molecule has 0 aliphatic heterocycles. The maximum absolute atomic E-state index is 10.3. The Morgan fingerprint density at radius 2 is 0.750 bits per heavy atom. The summed E-state index contributed by atoms with van der Waals surface area (Å²) in [6.45, 7) is 0. The molecule has 0 radical (unpaired) electrons. The molecule has 12 heteroatoms. The lowest BCUT2D eigenvalue weighted by Crippen LogP contribution is -2.50. The highest BCUT2D eigenvalue weighted by Crippen LogP contribution is 2.66. The number of nitrogens with zero attached hydrogens (tertiary/aromatic N) is 2. The highest BCUT2D eigenvalue weighted by molar-refractivity contribution is 7.86. The molecule has 0 bridgehead atoms. The second kappa shape index (κ2) is 18.0. The molecular formula is C48H40Cl2N2O6S2. The molecule has 1 aliphatic rings. The molecule has 1 saturated carbocycles. The zero-order valence-corrected chi connectivity index (χ0v) is 35.7. The molecule has 0 N–H and O–H groups in total. The van der Waals surface area contributed by atoms with Gasteiger partial charge in [0.25, 0.3) is 0 Å². The van der Waals surface area contributed by atoms with Crippen LogP contribution >= 0.6 is 23.2 Å². The Morgan fingerprint density at radius 3 is 1.10 bits per heavy atom. The van der Waals surface area contributed by atoms with Gasteiger partial charge in [-0.3, -0.25) is 0 Å². The van der Waals surface area contributed by atoms with Crippen LogP contribution in [0, 0.1) is 0 Å². The Labute approximate surface area is 360 Å². The van der Waals surface area contributed by atoms with Crippen molar-refractivity contribution in [1.82, 2.24) is 0 Å². The number of aromatic nitrogens is 2. The number of hydrogen-bond acceptors (Lipinski definition) is 6. The van der Waals surface area contributed by atoms with Crippen molar-refractivity contribution in [1.29, 1.82) is 0 Å². The lowest BCUT2D eigenvalue weighted by molar-refractivity contribution is -0.686. The molecule has 1 fully saturated rings. The quantitative estimate of drug-likeness (QED) is 0.121. The zero-order valence-electron chi connectivity index (χ0n) is 32.5. The first-order chi connectivity index (χ1) is 28.7. The molecule has 6 aromatic carbocycles. The summed E-state index contributed by atoms with van der Waals surface area (Å²) in [7, 11) is -4.26. The topological polar surface area (TPSA) is 122 Å². The van der Waals surface area contributed by atoms with Crippen molar-refractivity contribution in [3.8, 4) is 0 Å². The van der Waals surface area contributed by atoms with Crippen LogP contribution in [0.5, 0.6) is 0 Å². The average molecular weight is 876 g/mol. The second-order valence-corrected chi connectivity index (χ2v) is 18.2. The van der Waals surface area contributed by atoms with Gasteiger partial charge in [-0.1, -0.05) is 120 Å². The number of rotatable bonds is 6. The summed E-state index contributed by atoms with van der Waals surface area (Å²) in [5.41, 5.74) is 5.67. The molecule has 304 valence electrons. The highest BCUT2D eigenvalue weighted by atomic mass is 35.5. The third-order valence-electron chi connectivity index (χ3n) is 11.0. The predicted molar refractivity (Wildman–Crippen MR) is 233 cm³/mol. The van der Waals surface area contributed by atoms with E-state index in [4.69, 9.17) is 23.2 Å². The number of hydrogen-bond donors (Lipinski definition) is 0. The van der Waals surface area contributed by atoms with E-state index in [9.17, 15) is 25.9 Å². The SMILES string of the molecule is C[n+]1ccccc1C1C(c2cccc3ccccc23)C(c2cccc[n+]2C)C1c1cccc2ccccc12.O=S(=O)([O-])c1ccc(Cl)cc1.O=S(=O)([O-])c1ccc(Cl)cc1. The molecule has 2 heterocycles. The number of halogens is 2. The largest absolute Gasteiger partial charge is 0.744 e. The summed E-state index contributed by atoms with van der Waals surface area (Å²) in [4.78, 5) is -0.524. The van der Waals surface area contributed by atoms with Crippen molar-refractivity contribution in [2.24, 2.45) is 14.1 Å². The normalized spacial score (nSPS) is 17.4.